The highest BCUT2D eigenvalue weighted by molar-refractivity contribution is 8.16. The van der Waals surface area contributed by atoms with Crippen LogP contribution in [0.3, 0.4) is 0 Å². The fraction of sp³-hybridized carbons (Fsp3) is 0.636. The van der Waals surface area contributed by atoms with Crippen LogP contribution < -0.4 is 0 Å². The van der Waals surface area contributed by atoms with Crippen LogP contribution >= 0.6 is 11.8 Å². The molecule has 0 atom stereocenters. The predicted molar refractivity (Wildman–Crippen MR) is 74.5 cm³/mol. The molecule has 0 aromatic rings. The molecule has 0 spiro atoms. The molecule has 0 aromatic carbocycles. The first-order valence-corrected chi connectivity index (χ1v) is 5.97. The van der Waals surface area contributed by atoms with Crippen LogP contribution in [0.1, 0.15) is 48.5 Å². The summed E-state index contributed by atoms with van der Waals surface area (Å²) in [5.41, 5.74) is 0. The lowest BCUT2D eigenvalue weighted by molar-refractivity contribution is 1.27. The Labute approximate surface area is 94.6 Å². The van der Waals surface area contributed by atoms with Crippen molar-refractivity contribution in [2.45, 2.75) is 48.5 Å². The van der Waals surface area contributed by atoms with Gasteiger partial charge in [0.15, 0.2) is 0 Å². The van der Waals surface area contributed by atoms with Crippen molar-refractivity contribution in [1.29, 1.82) is 0 Å². The summed E-state index contributed by atoms with van der Waals surface area (Å²) in [7, 11) is 0. The highest BCUT2D eigenvalue weighted by Crippen LogP contribution is 2.02. The fourth-order valence-electron chi connectivity index (χ4n) is 0.244. The van der Waals surface area contributed by atoms with Crippen molar-refractivity contribution in [3.05, 3.63) is 12.0 Å². The average Bonchev–Trinajstić information content (AvgIpc) is 2.27. The first-order chi connectivity index (χ1) is 6.81. The maximum atomic E-state index is 3.64. The third-order valence-corrected chi connectivity index (χ3v) is 1.05. The van der Waals surface area contributed by atoms with Crippen LogP contribution in [-0.4, -0.2) is 11.8 Å². The number of hydrogen-bond donors (Lipinski definition) is 0. The summed E-state index contributed by atoms with van der Waals surface area (Å²) in [6.45, 7) is 20.5. The van der Waals surface area contributed by atoms with E-state index in [2.05, 4.69) is 23.5 Å². The highest BCUT2D eigenvalue weighted by atomic mass is 32.2. The Morgan fingerprint density at radius 1 is 1.07 bits per heavy atom. The molecule has 86 valence electrons. The summed E-state index contributed by atoms with van der Waals surface area (Å²) in [5, 5.41) is 9.52. The van der Waals surface area contributed by atoms with Gasteiger partial charge in [-0.2, -0.15) is 5.10 Å². The van der Waals surface area contributed by atoms with Gasteiger partial charge in [-0.3, -0.25) is 0 Å². The van der Waals surface area contributed by atoms with Gasteiger partial charge in [0.25, 0.3) is 0 Å². The standard InChI is InChI=1S/C5H8N2S.3C2H6/c1-4-8-5(2)7-6-3;3*1-2/h4H,1,3H2,2H3;3*1-2H3/b7-5-;;;. The Morgan fingerprint density at radius 2 is 1.43 bits per heavy atom. The maximum absolute atomic E-state index is 3.64. The Bertz CT molecular complexity index is 120. The minimum absolute atomic E-state index is 0.856. The van der Waals surface area contributed by atoms with Crippen molar-refractivity contribution in [1.82, 2.24) is 0 Å². The largest absolute Gasteiger partial charge is 0.166 e. The lowest BCUT2D eigenvalue weighted by atomic mass is 10.9. The summed E-state index contributed by atoms with van der Waals surface area (Å²) in [6, 6.07) is 0. The van der Waals surface area contributed by atoms with Gasteiger partial charge in [0, 0.05) is 6.72 Å². The molecule has 0 fully saturated rings. The minimum atomic E-state index is 0.856. The Morgan fingerprint density at radius 3 is 1.64 bits per heavy atom. The molecule has 0 radical (unpaired) electrons. The first kappa shape index (κ1) is 23.3. The lowest BCUT2D eigenvalue weighted by Crippen LogP contribution is -1.75. The van der Waals surface area contributed by atoms with Crippen LogP contribution in [0.4, 0.5) is 0 Å². The molecular weight excluding hydrogens is 192 g/mol. The molecular formula is C11H26N2S. The van der Waals surface area contributed by atoms with Gasteiger partial charge in [-0.05, 0) is 12.3 Å². The average molecular weight is 218 g/mol. The van der Waals surface area contributed by atoms with Crippen LogP contribution in [-0.2, 0) is 0 Å². The van der Waals surface area contributed by atoms with Gasteiger partial charge in [-0.25, -0.2) is 0 Å². The lowest BCUT2D eigenvalue weighted by Gasteiger charge is -1.85. The van der Waals surface area contributed by atoms with Gasteiger partial charge >= 0.3 is 0 Å². The van der Waals surface area contributed by atoms with E-state index in [1.807, 2.05) is 48.5 Å². The molecule has 0 unspecified atom stereocenters. The number of nitrogens with zero attached hydrogens (tertiary/aromatic N) is 2. The zero-order valence-electron chi connectivity index (χ0n) is 10.8. The van der Waals surface area contributed by atoms with Crippen LogP contribution in [0.25, 0.3) is 0 Å². The molecule has 0 aliphatic rings. The van der Waals surface area contributed by atoms with E-state index < -0.39 is 0 Å². The van der Waals surface area contributed by atoms with Crippen molar-refractivity contribution in [3.63, 3.8) is 0 Å². The van der Waals surface area contributed by atoms with E-state index in [0.717, 1.165) is 5.04 Å². The fourth-order valence-corrected chi connectivity index (χ4v) is 0.590. The predicted octanol–water partition coefficient (Wildman–Crippen LogP) is 4.98. The molecule has 0 aromatic heterocycles. The van der Waals surface area contributed by atoms with Crippen LogP contribution in [0.15, 0.2) is 22.2 Å². The Balaban J connectivity index is -0.0000000708. The molecule has 0 saturated carbocycles. The minimum Gasteiger partial charge on any atom is -0.166 e. The molecule has 3 heteroatoms. The molecule has 0 rings (SSSR count). The molecule has 0 N–H and O–H groups in total. The molecule has 0 heterocycles. The van der Waals surface area contributed by atoms with Crippen LogP contribution in [0.2, 0.25) is 0 Å². The summed E-state index contributed by atoms with van der Waals surface area (Å²) >= 11 is 1.44. The van der Waals surface area contributed by atoms with Crippen LogP contribution in [0.5, 0.6) is 0 Å². The maximum Gasteiger partial charge on any atom is 0.0969 e. The van der Waals surface area contributed by atoms with Crippen molar-refractivity contribution in [2.24, 2.45) is 10.2 Å². The van der Waals surface area contributed by atoms with Crippen molar-refractivity contribution in [2.75, 3.05) is 0 Å². The summed E-state index contributed by atoms with van der Waals surface area (Å²) in [6.07, 6.45) is 0. The topological polar surface area (TPSA) is 24.7 Å². The molecule has 0 aliphatic heterocycles. The van der Waals surface area contributed by atoms with Gasteiger partial charge in [0.1, 0.15) is 0 Å². The van der Waals surface area contributed by atoms with E-state index in [9.17, 15) is 0 Å². The molecule has 2 nitrogen and oxygen atoms in total. The van der Waals surface area contributed by atoms with E-state index in [4.69, 9.17) is 0 Å². The summed E-state index contributed by atoms with van der Waals surface area (Å²) < 4.78 is 0. The van der Waals surface area contributed by atoms with E-state index in [-0.39, 0.29) is 0 Å². The summed E-state index contributed by atoms with van der Waals surface area (Å²) in [5.74, 6) is 0. The second kappa shape index (κ2) is 39.3. The van der Waals surface area contributed by atoms with Crippen molar-refractivity contribution in [3.8, 4) is 0 Å². The molecule has 0 aliphatic carbocycles. The molecule has 0 bridgehead atoms. The molecule has 14 heavy (non-hydrogen) atoms. The quantitative estimate of drug-likeness (QED) is 0.364. The van der Waals surface area contributed by atoms with Gasteiger partial charge in [0.2, 0.25) is 0 Å². The highest BCUT2D eigenvalue weighted by Gasteiger charge is 1.81. The molecule has 0 saturated heterocycles. The van der Waals surface area contributed by atoms with E-state index in [0.29, 0.717) is 0 Å². The summed E-state index contributed by atoms with van der Waals surface area (Å²) in [4.78, 5) is 0. The van der Waals surface area contributed by atoms with Crippen molar-refractivity contribution < 1.29 is 0 Å². The van der Waals surface area contributed by atoms with Crippen LogP contribution in [0, 0.1) is 0 Å². The SMILES string of the molecule is C=CS/C(C)=N\N=C.CC.CC.CC. The monoisotopic (exact) mass is 218 g/mol. The Kier molecular flexibility index (Phi) is 65.5. The van der Waals surface area contributed by atoms with E-state index in [1.54, 1.807) is 5.41 Å². The van der Waals surface area contributed by atoms with E-state index >= 15 is 0 Å². The van der Waals surface area contributed by atoms with Gasteiger partial charge in [-0.15, -0.1) is 5.10 Å². The second-order valence-corrected chi connectivity index (χ2v) is 2.20. The second-order valence-electron chi connectivity index (χ2n) is 1.04. The number of rotatable bonds is 2. The van der Waals surface area contributed by atoms with Gasteiger partial charge in [0.05, 0.1) is 5.04 Å². The van der Waals surface area contributed by atoms with Gasteiger partial charge in [-0.1, -0.05) is 59.9 Å². The number of hydrogen-bond acceptors (Lipinski definition) is 3. The van der Waals surface area contributed by atoms with Crippen molar-refractivity contribution >= 4 is 23.5 Å². The smallest absolute Gasteiger partial charge is 0.0969 e. The molecule has 0 amide bonds. The zero-order chi connectivity index (χ0) is 12.4. The van der Waals surface area contributed by atoms with Gasteiger partial charge < -0.3 is 0 Å². The first-order valence-electron chi connectivity index (χ1n) is 5.09. The number of thioether (sulfide) groups is 1. The normalized spacial score (nSPS) is 7.50. The third-order valence-electron chi connectivity index (χ3n) is 0.465. The third kappa shape index (κ3) is 42.2. The Hall–Kier alpha value is -0.570. The zero-order valence-corrected chi connectivity index (χ0v) is 11.6. The van der Waals surface area contributed by atoms with E-state index in [1.165, 1.54) is 11.8 Å².